The lowest BCUT2D eigenvalue weighted by atomic mass is 10.4. The van der Waals surface area contributed by atoms with Gasteiger partial charge in [0.2, 0.25) is 0 Å². The Hall–Kier alpha value is -1.17. The summed E-state index contributed by atoms with van der Waals surface area (Å²) in [5.41, 5.74) is 4.71. The zero-order valence-electron chi connectivity index (χ0n) is 6.66. The normalized spacial score (nSPS) is 14.1. The summed E-state index contributed by atoms with van der Waals surface area (Å²) in [5.74, 6) is -1.20. The van der Waals surface area contributed by atoms with Crippen LogP contribution in [0.4, 0.5) is 4.39 Å². The van der Waals surface area contributed by atoms with Crippen LogP contribution in [0.5, 0.6) is 0 Å². The molecule has 0 aliphatic carbocycles. The Bertz CT molecular complexity index is 184. The molecule has 0 aromatic rings. The van der Waals surface area contributed by atoms with Gasteiger partial charge in [0.15, 0.2) is 5.71 Å². The number of hydrogen-bond donors (Lipinski definition) is 2. The monoisotopic (exact) mass is 178 g/mol. The van der Waals surface area contributed by atoms with Crippen LogP contribution in [-0.2, 0) is 9.63 Å². The first-order chi connectivity index (χ1) is 5.57. The van der Waals surface area contributed by atoms with Crippen molar-refractivity contribution in [2.24, 2.45) is 10.9 Å². The van der Waals surface area contributed by atoms with Crippen LogP contribution in [0.3, 0.4) is 0 Å². The van der Waals surface area contributed by atoms with Crippen molar-refractivity contribution in [2.45, 2.75) is 13.1 Å². The van der Waals surface area contributed by atoms with Crippen LogP contribution in [0.1, 0.15) is 6.92 Å². The van der Waals surface area contributed by atoms with Crippen LogP contribution in [0.25, 0.3) is 0 Å². The molecule has 70 valence electrons. The fourth-order valence-electron chi connectivity index (χ4n) is 0.322. The van der Waals surface area contributed by atoms with Crippen molar-refractivity contribution in [3.05, 3.63) is 0 Å². The Morgan fingerprint density at radius 2 is 2.42 bits per heavy atom. The molecule has 3 N–H and O–H groups in total. The van der Waals surface area contributed by atoms with Crippen molar-refractivity contribution in [1.29, 1.82) is 0 Å². The van der Waals surface area contributed by atoms with Crippen molar-refractivity contribution < 1.29 is 19.1 Å². The van der Waals surface area contributed by atoms with E-state index in [2.05, 4.69) is 9.99 Å². The highest BCUT2D eigenvalue weighted by Crippen LogP contribution is 1.90. The van der Waals surface area contributed by atoms with Gasteiger partial charge in [0.1, 0.15) is 12.8 Å². The maximum Gasteiger partial charge on any atom is 0.353 e. The van der Waals surface area contributed by atoms with Gasteiger partial charge in [0, 0.05) is 6.54 Å². The highest BCUT2D eigenvalue weighted by atomic mass is 19.1. The SMILES string of the molecule is C/C(=N/OCC(F)CN)C(=O)O. The zero-order valence-corrected chi connectivity index (χ0v) is 6.66. The second kappa shape index (κ2) is 5.48. The summed E-state index contributed by atoms with van der Waals surface area (Å²) < 4.78 is 12.3. The van der Waals surface area contributed by atoms with Gasteiger partial charge in [-0.15, -0.1) is 0 Å². The largest absolute Gasteiger partial charge is 0.477 e. The molecule has 12 heavy (non-hydrogen) atoms. The Balaban J connectivity index is 3.67. The molecule has 0 radical (unpaired) electrons. The highest BCUT2D eigenvalue weighted by Gasteiger charge is 2.05. The minimum atomic E-state index is -1.31. The number of hydrogen-bond acceptors (Lipinski definition) is 4. The number of halogens is 1. The van der Waals surface area contributed by atoms with Gasteiger partial charge in [-0.25, -0.2) is 9.18 Å². The van der Waals surface area contributed by atoms with Crippen LogP contribution in [0.2, 0.25) is 0 Å². The average molecular weight is 178 g/mol. The lowest BCUT2D eigenvalue weighted by molar-refractivity contribution is -0.129. The van der Waals surface area contributed by atoms with Gasteiger partial charge in [-0.1, -0.05) is 5.16 Å². The molecule has 0 saturated heterocycles. The van der Waals surface area contributed by atoms with Crippen LogP contribution in [0.15, 0.2) is 5.16 Å². The fourth-order valence-corrected chi connectivity index (χ4v) is 0.322. The molecule has 0 aromatic heterocycles. The molecule has 1 unspecified atom stereocenters. The Morgan fingerprint density at radius 1 is 1.83 bits per heavy atom. The number of oxime groups is 1. The van der Waals surface area contributed by atoms with E-state index in [0.717, 1.165) is 0 Å². The van der Waals surface area contributed by atoms with Crippen molar-refractivity contribution in [3.63, 3.8) is 0 Å². The number of alkyl halides is 1. The topological polar surface area (TPSA) is 84.9 Å². The summed E-state index contributed by atoms with van der Waals surface area (Å²) in [6.45, 7) is 0.765. The molecule has 0 amide bonds. The minimum Gasteiger partial charge on any atom is -0.477 e. The average Bonchev–Trinajstić information content (AvgIpc) is 2.03. The number of carboxylic acid groups (broad SMARTS) is 1. The van der Waals surface area contributed by atoms with Crippen LogP contribution in [0, 0.1) is 0 Å². The summed E-state index contributed by atoms with van der Waals surface area (Å²) in [4.78, 5) is 14.5. The first-order valence-electron chi connectivity index (χ1n) is 3.32. The molecule has 0 aromatic carbocycles. The van der Waals surface area contributed by atoms with Gasteiger partial charge < -0.3 is 15.7 Å². The van der Waals surface area contributed by atoms with Gasteiger partial charge in [-0.05, 0) is 6.92 Å². The van der Waals surface area contributed by atoms with Crippen LogP contribution >= 0.6 is 0 Å². The third-order valence-electron chi connectivity index (χ3n) is 1.02. The highest BCUT2D eigenvalue weighted by molar-refractivity contribution is 6.34. The molecule has 0 bridgehead atoms. The molecule has 0 aliphatic rings. The van der Waals surface area contributed by atoms with Gasteiger partial charge in [0.05, 0.1) is 0 Å². The fraction of sp³-hybridized carbons (Fsp3) is 0.667. The number of aliphatic carboxylic acids is 1. The van der Waals surface area contributed by atoms with E-state index in [0.29, 0.717) is 0 Å². The third-order valence-corrected chi connectivity index (χ3v) is 1.02. The second-order valence-corrected chi connectivity index (χ2v) is 2.11. The second-order valence-electron chi connectivity index (χ2n) is 2.11. The van der Waals surface area contributed by atoms with E-state index in [-0.39, 0.29) is 18.9 Å². The van der Waals surface area contributed by atoms with E-state index in [1.807, 2.05) is 0 Å². The number of nitrogens with zero attached hydrogens (tertiary/aromatic N) is 1. The summed E-state index contributed by atoms with van der Waals surface area (Å²) in [6.07, 6.45) is -1.31. The molecule has 0 aliphatic heterocycles. The third kappa shape index (κ3) is 4.62. The molecule has 6 heteroatoms. The summed E-state index contributed by atoms with van der Waals surface area (Å²) in [7, 11) is 0. The molecule has 5 nitrogen and oxygen atoms in total. The Labute approximate surface area is 69.0 Å². The van der Waals surface area contributed by atoms with E-state index in [1.54, 1.807) is 0 Å². The molecule has 0 rings (SSSR count). The van der Waals surface area contributed by atoms with Crippen LogP contribution in [-0.4, -0.2) is 36.1 Å². The smallest absolute Gasteiger partial charge is 0.353 e. The molecular weight excluding hydrogens is 167 g/mol. The quantitative estimate of drug-likeness (QED) is 0.449. The molecule has 0 spiro atoms. The van der Waals surface area contributed by atoms with E-state index in [9.17, 15) is 9.18 Å². The maximum atomic E-state index is 12.3. The summed E-state index contributed by atoms with van der Waals surface area (Å²) >= 11 is 0. The molecular formula is C6H11FN2O3. The Kier molecular flexibility index (Phi) is 4.94. The van der Waals surface area contributed by atoms with Crippen molar-refractivity contribution in [2.75, 3.05) is 13.2 Å². The van der Waals surface area contributed by atoms with Crippen molar-refractivity contribution in [3.8, 4) is 0 Å². The van der Waals surface area contributed by atoms with Crippen molar-refractivity contribution >= 4 is 11.7 Å². The van der Waals surface area contributed by atoms with Gasteiger partial charge in [-0.2, -0.15) is 0 Å². The van der Waals surface area contributed by atoms with E-state index in [4.69, 9.17) is 10.8 Å². The summed E-state index contributed by atoms with van der Waals surface area (Å²) in [5, 5.41) is 11.4. The molecule has 1 atom stereocenters. The minimum absolute atomic E-state index is 0.165. The lowest BCUT2D eigenvalue weighted by Crippen LogP contribution is -2.20. The van der Waals surface area contributed by atoms with Gasteiger partial charge >= 0.3 is 5.97 Å². The maximum absolute atomic E-state index is 12.3. The Morgan fingerprint density at radius 3 is 2.83 bits per heavy atom. The van der Waals surface area contributed by atoms with Crippen LogP contribution < -0.4 is 5.73 Å². The molecule has 0 saturated carbocycles. The predicted octanol–water partition coefficient (Wildman–Crippen LogP) is -0.240. The predicted molar refractivity (Wildman–Crippen MR) is 40.6 cm³/mol. The summed E-state index contributed by atoms with van der Waals surface area (Å²) in [6, 6.07) is 0. The van der Waals surface area contributed by atoms with E-state index in [1.165, 1.54) is 6.92 Å². The molecule has 0 fully saturated rings. The zero-order chi connectivity index (χ0) is 9.56. The lowest BCUT2D eigenvalue weighted by Gasteiger charge is -2.02. The standard InChI is InChI=1S/C6H11FN2O3/c1-4(6(10)11)9-12-3-5(7)2-8/h5H,2-3,8H2,1H3,(H,10,11)/b9-4-. The first kappa shape index (κ1) is 10.8. The van der Waals surface area contributed by atoms with Crippen molar-refractivity contribution in [1.82, 2.24) is 0 Å². The van der Waals surface area contributed by atoms with E-state index < -0.39 is 12.1 Å². The first-order valence-corrected chi connectivity index (χ1v) is 3.32. The van der Waals surface area contributed by atoms with Gasteiger partial charge in [0.25, 0.3) is 0 Å². The number of carbonyl (C=O) groups is 1. The van der Waals surface area contributed by atoms with Gasteiger partial charge in [-0.3, -0.25) is 0 Å². The molecule has 0 heterocycles. The van der Waals surface area contributed by atoms with E-state index >= 15 is 0 Å². The number of nitrogens with two attached hydrogens (primary N) is 1. The number of carboxylic acids is 1. The number of rotatable bonds is 5.